The summed E-state index contributed by atoms with van der Waals surface area (Å²) in [4.78, 5) is 34.3. The number of ketones is 1. The van der Waals surface area contributed by atoms with Crippen molar-refractivity contribution in [3.8, 4) is 0 Å². The Kier molecular flexibility index (Phi) is 6.16. The molecule has 2 aromatic carbocycles. The average molecular weight is 440 g/mol. The highest BCUT2D eigenvalue weighted by molar-refractivity contribution is 7.17. The summed E-state index contributed by atoms with van der Waals surface area (Å²) in [5, 5.41) is 1.27. The normalized spacial score (nSPS) is 13.9. The van der Waals surface area contributed by atoms with Crippen molar-refractivity contribution in [3.63, 3.8) is 0 Å². The van der Waals surface area contributed by atoms with Gasteiger partial charge in [-0.25, -0.2) is 9.78 Å². The molecular weight excluding hydrogens is 418 g/mol. The average Bonchev–Trinajstić information content (AvgIpc) is 3.30. The lowest BCUT2D eigenvalue weighted by molar-refractivity contribution is 0.0986. The van der Waals surface area contributed by atoms with Crippen molar-refractivity contribution in [3.05, 3.63) is 81.3 Å². The van der Waals surface area contributed by atoms with E-state index in [1.54, 1.807) is 4.90 Å². The first-order chi connectivity index (χ1) is 14.5. The molecule has 30 heavy (non-hydrogen) atoms. The third kappa shape index (κ3) is 4.55. The van der Waals surface area contributed by atoms with Crippen molar-refractivity contribution in [2.24, 2.45) is 0 Å². The van der Waals surface area contributed by atoms with Gasteiger partial charge in [0, 0.05) is 31.1 Å². The molecule has 0 aliphatic carbocycles. The minimum Gasteiger partial charge on any atom is -0.318 e. The molecule has 0 N–H and O–H groups in total. The van der Waals surface area contributed by atoms with Crippen LogP contribution in [-0.2, 0) is 13.0 Å². The number of carbonyl (C=O) groups excluding carboxylic acids is 2. The molecule has 0 unspecified atom stereocenters. The maximum Gasteiger partial charge on any atom is 0.326 e. The number of anilines is 1. The van der Waals surface area contributed by atoms with Gasteiger partial charge in [-0.05, 0) is 36.6 Å². The number of rotatable bonds is 7. The highest BCUT2D eigenvalue weighted by atomic mass is 35.5. The zero-order valence-electron chi connectivity index (χ0n) is 16.7. The Morgan fingerprint density at radius 1 is 1.10 bits per heavy atom. The number of thiazole rings is 1. The van der Waals surface area contributed by atoms with Gasteiger partial charge in [-0.15, -0.1) is 0 Å². The van der Waals surface area contributed by atoms with Crippen LogP contribution in [-0.4, -0.2) is 34.8 Å². The van der Waals surface area contributed by atoms with E-state index in [2.05, 4.69) is 4.98 Å². The fourth-order valence-electron chi connectivity index (χ4n) is 3.53. The third-order valence-electron chi connectivity index (χ3n) is 5.11. The first-order valence-electron chi connectivity index (χ1n) is 9.86. The maximum absolute atomic E-state index is 12.9. The van der Waals surface area contributed by atoms with Gasteiger partial charge >= 0.3 is 6.03 Å². The van der Waals surface area contributed by atoms with Gasteiger partial charge in [-0.1, -0.05) is 65.4 Å². The smallest absolute Gasteiger partial charge is 0.318 e. The number of aryl methyl sites for hydroxylation is 2. The summed E-state index contributed by atoms with van der Waals surface area (Å²) in [5.74, 6) is 0.0454. The van der Waals surface area contributed by atoms with Crippen LogP contribution in [0.25, 0.3) is 0 Å². The number of nitrogens with zero attached hydrogens (tertiary/aromatic N) is 3. The molecule has 7 heteroatoms. The molecular formula is C23H22ClN3O2S. The van der Waals surface area contributed by atoms with Crippen LogP contribution in [0.4, 0.5) is 9.93 Å². The van der Waals surface area contributed by atoms with E-state index in [1.807, 2.05) is 66.4 Å². The second-order valence-electron chi connectivity index (χ2n) is 7.31. The summed E-state index contributed by atoms with van der Waals surface area (Å²) in [6.07, 6.45) is 1.01. The van der Waals surface area contributed by atoms with E-state index in [0.29, 0.717) is 53.2 Å². The first kappa shape index (κ1) is 20.6. The molecule has 4 rings (SSSR count). The highest BCUT2D eigenvalue weighted by Crippen LogP contribution is 2.30. The first-order valence-corrected chi connectivity index (χ1v) is 11.1. The van der Waals surface area contributed by atoms with E-state index in [4.69, 9.17) is 11.6 Å². The van der Waals surface area contributed by atoms with Crippen LogP contribution in [0.15, 0.2) is 54.6 Å². The van der Waals surface area contributed by atoms with Crippen molar-refractivity contribution < 1.29 is 9.59 Å². The van der Waals surface area contributed by atoms with E-state index in [0.717, 1.165) is 11.1 Å². The molecule has 1 aliphatic heterocycles. The molecule has 3 aromatic rings. The SMILES string of the molecule is Cc1nc(N2CCN(Cc3ccccc3)C2=O)sc1C(=O)CCc1cccc(Cl)c1. The lowest BCUT2D eigenvalue weighted by Crippen LogP contribution is -2.31. The third-order valence-corrected chi connectivity index (χ3v) is 6.57. The zero-order chi connectivity index (χ0) is 21.1. The van der Waals surface area contributed by atoms with Crippen LogP contribution in [0.5, 0.6) is 0 Å². The lowest BCUT2D eigenvalue weighted by atomic mass is 10.1. The number of Topliss-reactive ketones (excluding diaryl/α,β-unsaturated/α-hetero) is 1. The maximum atomic E-state index is 12.9. The fraction of sp³-hybridized carbons (Fsp3) is 0.261. The molecule has 0 atom stereocenters. The molecule has 1 saturated heterocycles. The Balaban J connectivity index is 1.42. The van der Waals surface area contributed by atoms with Gasteiger partial charge in [0.05, 0.1) is 10.6 Å². The van der Waals surface area contributed by atoms with Gasteiger partial charge in [-0.3, -0.25) is 9.69 Å². The second kappa shape index (κ2) is 8.98. The molecule has 1 aromatic heterocycles. The number of aromatic nitrogens is 1. The molecule has 2 amide bonds. The molecule has 1 aliphatic rings. The Bertz CT molecular complexity index is 1070. The van der Waals surface area contributed by atoms with E-state index >= 15 is 0 Å². The Hall–Kier alpha value is -2.70. The predicted molar refractivity (Wildman–Crippen MR) is 121 cm³/mol. The van der Waals surface area contributed by atoms with Crippen LogP contribution < -0.4 is 4.90 Å². The molecule has 1 fully saturated rings. The van der Waals surface area contributed by atoms with Crippen LogP contribution in [0.3, 0.4) is 0 Å². The number of carbonyl (C=O) groups is 2. The zero-order valence-corrected chi connectivity index (χ0v) is 18.2. The summed E-state index contributed by atoms with van der Waals surface area (Å²) < 4.78 is 0. The topological polar surface area (TPSA) is 53.5 Å². The molecule has 154 valence electrons. The van der Waals surface area contributed by atoms with Crippen molar-refractivity contribution >= 4 is 39.9 Å². The predicted octanol–water partition coefficient (Wildman–Crippen LogP) is 5.36. The molecule has 0 spiro atoms. The van der Waals surface area contributed by atoms with Crippen LogP contribution in [0.2, 0.25) is 5.02 Å². The van der Waals surface area contributed by atoms with Crippen LogP contribution in [0.1, 0.15) is 32.9 Å². The number of benzene rings is 2. The number of urea groups is 1. The van der Waals surface area contributed by atoms with E-state index < -0.39 is 0 Å². The highest BCUT2D eigenvalue weighted by Gasteiger charge is 2.32. The number of hydrogen-bond donors (Lipinski definition) is 0. The minimum atomic E-state index is -0.0643. The minimum absolute atomic E-state index is 0.0454. The number of hydrogen-bond acceptors (Lipinski definition) is 4. The summed E-state index contributed by atoms with van der Waals surface area (Å²) in [5.41, 5.74) is 2.81. The van der Waals surface area contributed by atoms with Gasteiger partial charge in [0.2, 0.25) is 0 Å². The van der Waals surface area contributed by atoms with Gasteiger partial charge in [-0.2, -0.15) is 0 Å². The molecule has 0 radical (unpaired) electrons. The van der Waals surface area contributed by atoms with Crippen molar-refractivity contribution in [2.75, 3.05) is 18.0 Å². The Morgan fingerprint density at radius 3 is 2.63 bits per heavy atom. The Morgan fingerprint density at radius 2 is 1.87 bits per heavy atom. The molecule has 5 nitrogen and oxygen atoms in total. The van der Waals surface area contributed by atoms with Gasteiger partial charge in [0.1, 0.15) is 0 Å². The standard InChI is InChI=1S/C23H22ClN3O2S/c1-16-21(20(28)11-10-17-8-5-9-19(24)14-17)30-22(25-16)27-13-12-26(23(27)29)15-18-6-3-2-4-7-18/h2-9,14H,10-13,15H2,1H3. The molecule has 2 heterocycles. The number of halogens is 1. The number of amides is 2. The van der Waals surface area contributed by atoms with Crippen molar-refractivity contribution in [1.82, 2.24) is 9.88 Å². The summed E-state index contributed by atoms with van der Waals surface area (Å²) in [7, 11) is 0. The van der Waals surface area contributed by atoms with E-state index in [1.165, 1.54) is 11.3 Å². The van der Waals surface area contributed by atoms with Crippen LogP contribution in [0, 0.1) is 6.92 Å². The van der Waals surface area contributed by atoms with Gasteiger partial charge in [0.25, 0.3) is 0 Å². The quantitative estimate of drug-likeness (QED) is 0.465. The largest absolute Gasteiger partial charge is 0.326 e. The Labute approximate surface area is 184 Å². The summed E-state index contributed by atoms with van der Waals surface area (Å²) in [6, 6.07) is 17.4. The van der Waals surface area contributed by atoms with Crippen molar-refractivity contribution in [1.29, 1.82) is 0 Å². The van der Waals surface area contributed by atoms with Crippen molar-refractivity contribution in [2.45, 2.75) is 26.3 Å². The van der Waals surface area contributed by atoms with E-state index in [-0.39, 0.29) is 11.8 Å². The summed E-state index contributed by atoms with van der Waals surface area (Å²) >= 11 is 7.33. The summed E-state index contributed by atoms with van der Waals surface area (Å²) in [6.45, 7) is 3.63. The lowest BCUT2D eigenvalue weighted by Gasteiger charge is -2.16. The molecule has 0 saturated carbocycles. The monoisotopic (exact) mass is 439 g/mol. The van der Waals surface area contributed by atoms with E-state index in [9.17, 15) is 9.59 Å². The fourth-order valence-corrected chi connectivity index (χ4v) is 4.80. The van der Waals surface area contributed by atoms with Gasteiger partial charge in [0.15, 0.2) is 10.9 Å². The molecule has 0 bridgehead atoms. The second-order valence-corrected chi connectivity index (χ2v) is 8.72. The van der Waals surface area contributed by atoms with Gasteiger partial charge < -0.3 is 4.90 Å². The van der Waals surface area contributed by atoms with Crippen LogP contribution >= 0.6 is 22.9 Å².